The van der Waals surface area contributed by atoms with Crippen molar-refractivity contribution in [3.8, 4) is 11.1 Å². The molecule has 3 aliphatic carbocycles. The average Bonchev–Trinajstić information content (AvgIpc) is 3.01. The number of hydrogen-bond acceptors (Lipinski definition) is 3. The van der Waals surface area contributed by atoms with E-state index in [0.29, 0.717) is 12.0 Å². The number of rotatable bonds is 7. The van der Waals surface area contributed by atoms with E-state index in [0.717, 1.165) is 31.4 Å². The molecule has 1 saturated heterocycles. The van der Waals surface area contributed by atoms with Gasteiger partial charge in [-0.2, -0.15) is 0 Å². The van der Waals surface area contributed by atoms with E-state index in [1.54, 1.807) is 0 Å². The summed E-state index contributed by atoms with van der Waals surface area (Å²) in [6.07, 6.45) is 0.423. The van der Waals surface area contributed by atoms with E-state index in [2.05, 4.69) is 4.72 Å². The average molecular weight is 511 g/mol. The Balaban J connectivity index is 1.49. The molecule has 1 N–H and O–H groups in total. The minimum absolute atomic E-state index is 0.00155. The summed E-state index contributed by atoms with van der Waals surface area (Å²) < 4.78 is 85.2. The minimum atomic E-state index is -3.80. The van der Waals surface area contributed by atoms with Gasteiger partial charge in [-0.3, -0.25) is 4.79 Å². The van der Waals surface area contributed by atoms with Crippen LogP contribution in [0.5, 0.6) is 0 Å². The normalized spacial score (nSPS) is 29.6. The molecule has 4 fully saturated rings. The highest BCUT2D eigenvalue weighted by atomic mass is 32.2. The van der Waals surface area contributed by atoms with Crippen LogP contribution in [0.3, 0.4) is 0 Å². The zero-order valence-electron chi connectivity index (χ0n) is 19.1. The zero-order chi connectivity index (χ0) is 25.1. The van der Waals surface area contributed by atoms with Gasteiger partial charge >= 0.3 is 0 Å². The number of halogens is 4. The van der Waals surface area contributed by atoms with E-state index in [9.17, 15) is 22.0 Å². The Morgan fingerprint density at radius 3 is 2.34 bits per heavy atom. The fraction of sp³-hybridized carbons (Fsp3) is 0.480. The monoisotopic (exact) mass is 510 g/mol. The SMILES string of the molecule is CCS(=O)(=O)N[C@H]1[C@@H](F)CN(C(=O)C23CC(C2)C3)[C@H]1Cc1cccc(-c2cc(F)cc(F)c2)c1F. The van der Waals surface area contributed by atoms with E-state index >= 15 is 8.78 Å². The van der Waals surface area contributed by atoms with Crippen molar-refractivity contribution >= 4 is 15.9 Å². The van der Waals surface area contributed by atoms with Crippen LogP contribution in [0, 0.1) is 28.8 Å². The standard InChI is InChI=1S/C25H26F4N2O3S/c1-2-35(33,34)30-23-20(28)13-31(24(32)25-10-14(11-25)12-25)21(23)8-15-4-3-5-19(22(15)29)16-6-17(26)9-18(27)7-16/h3-7,9,14,20-21,23,30H,2,8,10-13H2,1H3/t14?,20-,21-,23-,25?/m0/s1. The number of hydrogen-bond donors (Lipinski definition) is 1. The van der Waals surface area contributed by atoms with Crippen molar-refractivity contribution in [1.82, 2.24) is 9.62 Å². The molecule has 2 aromatic rings. The number of benzene rings is 2. The number of sulfonamides is 1. The van der Waals surface area contributed by atoms with Crippen LogP contribution >= 0.6 is 0 Å². The molecular weight excluding hydrogens is 484 g/mol. The van der Waals surface area contributed by atoms with Gasteiger partial charge in [0.2, 0.25) is 15.9 Å². The van der Waals surface area contributed by atoms with Crippen LogP contribution in [0.2, 0.25) is 0 Å². The molecule has 0 aromatic heterocycles. The number of likely N-dealkylation sites (tertiary alicyclic amines) is 1. The third kappa shape index (κ3) is 4.24. The van der Waals surface area contributed by atoms with Crippen molar-refractivity contribution in [3.05, 3.63) is 59.4 Å². The highest BCUT2D eigenvalue weighted by molar-refractivity contribution is 7.89. The van der Waals surface area contributed by atoms with Gasteiger partial charge in [-0.25, -0.2) is 30.7 Å². The summed E-state index contributed by atoms with van der Waals surface area (Å²) >= 11 is 0. The lowest BCUT2D eigenvalue weighted by molar-refractivity contribution is -0.178. The smallest absolute Gasteiger partial charge is 0.229 e. The molecule has 0 unspecified atom stereocenters. The third-order valence-electron chi connectivity index (χ3n) is 7.71. The second-order valence-electron chi connectivity index (χ2n) is 9.99. The summed E-state index contributed by atoms with van der Waals surface area (Å²) in [5.74, 6) is -2.44. The first-order valence-electron chi connectivity index (χ1n) is 11.7. The van der Waals surface area contributed by atoms with Crippen molar-refractivity contribution in [2.45, 2.75) is 50.9 Å². The second kappa shape index (κ2) is 8.58. The number of amides is 1. The molecule has 10 heteroatoms. The predicted octanol–water partition coefficient (Wildman–Crippen LogP) is 3.97. The first-order chi connectivity index (χ1) is 16.5. The van der Waals surface area contributed by atoms with Crippen molar-refractivity contribution < 1.29 is 30.8 Å². The topological polar surface area (TPSA) is 66.5 Å². The summed E-state index contributed by atoms with van der Waals surface area (Å²) in [6.45, 7) is 1.15. The van der Waals surface area contributed by atoms with Gasteiger partial charge in [-0.05, 0) is 61.8 Å². The quantitative estimate of drug-likeness (QED) is 0.574. The predicted molar refractivity (Wildman–Crippen MR) is 122 cm³/mol. The fourth-order valence-electron chi connectivity index (χ4n) is 5.73. The lowest BCUT2D eigenvalue weighted by atomic mass is 9.44. The molecule has 3 saturated carbocycles. The number of alkyl halides is 1. The Kier molecular flexibility index (Phi) is 5.95. The number of carbonyl (C=O) groups is 1. The van der Waals surface area contributed by atoms with Crippen molar-refractivity contribution in [2.75, 3.05) is 12.3 Å². The van der Waals surface area contributed by atoms with Gasteiger partial charge < -0.3 is 4.90 Å². The number of nitrogens with one attached hydrogen (secondary N) is 1. The van der Waals surface area contributed by atoms with E-state index in [1.807, 2.05) is 0 Å². The van der Waals surface area contributed by atoms with Gasteiger partial charge in [0.15, 0.2) is 0 Å². The van der Waals surface area contributed by atoms with E-state index < -0.39 is 51.1 Å². The lowest BCUT2D eigenvalue weighted by Crippen LogP contribution is -2.62. The molecule has 35 heavy (non-hydrogen) atoms. The van der Waals surface area contributed by atoms with Crippen molar-refractivity contribution in [3.63, 3.8) is 0 Å². The highest BCUT2D eigenvalue weighted by Gasteiger charge is 2.64. The molecule has 0 spiro atoms. The summed E-state index contributed by atoms with van der Waals surface area (Å²) in [7, 11) is -3.80. The first kappa shape index (κ1) is 24.2. The molecule has 6 rings (SSSR count). The van der Waals surface area contributed by atoms with Gasteiger partial charge in [-0.1, -0.05) is 18.2 Å². The number of carbonyl (C=O) groups excluding carboxylic acids is 1. The van der Waals surface area contributed by atoms with Gasteiger partial charge in [-0.15, -0.1) is 0 Å². The Morgan fingerprint density at radius 1 is 1.11 bits per heavy atom. The van der Waals surface area contributed by atoms with Gasteiger partial charge in [0, 0.05) is 11.6 Å². The molecule has 2 aromatic carbocycles. The fourth-order valence-corrected chi connectivity index (χ4v) is 6.61. The molecule has 3 atom stereocenters. The summed E-state index contributed by atoms with van der Waals surface area (Å²) in [6, 6.07) is 4.87. The Hall–Kier alpha value is -2.46. The molecule has 1 amide bonds. The first-order valence-corrected chi connectivity index (χ1v) is 13.4. The lowest BCUT2D eigenvalue weighted by Gasteiger charge is -2.61. The van der Waals surface area contributed by atoms with Crippen LogP contribution in [-0.4, -0.2) is 49.8 Å². The highest BCUT2D eigenvalue weighted by Crippen LogP contribution is 2.65. The molecule has 0 radical (unpaired) electrons. The maximum atomic E-state index is 15.6. The molecule has 4 aliphatic rings. The summed E-state index contributed by atoms with van der Waals surface area (Å²) in [4.78, 5) is 14.7. The van der Waals surface area contributed by atoms with Crippen LogP contribution in [0.15, 0.2) is 36.4 Å². The molecular formula is C25H26F4N2O3S. The Labute approximate surface area is 201 Å². The second-order valence-corrected chi connectivity index (χ2v) is 12.0. The largest absolute Gasteiger partial charge is 0.334 e. The van der Waals surface area contributed by atoms with Gasteiger partial charge in [0.25, 0.3) is 0 Å². The molecule has 1 aliphatic heterocycles. The van der Waals surface area contributed by atoms with Crippen LogP contribution in [0.4, 0.5) is 17.6 Å². The molecule has 1 heterocycles. The van der Waals surface area contributed by atoms with E-state index in [-0.39, 0.29) is 41.3 Å². The number of nitrogens with zero attached hydrogens (tertiary/aromatic N) is 1. The van der Waals surface area contributed by atoms with Crippen molar-refractivity contribution in [1.29, 1.82) is 0 Å². The van der Waals surface area contributed by atoms with Crippen LogP contribution in [0.1, 0.15) is 31.7 Å². The summed E-state index contributed by atoms with van der Waals surface area (Å²) in [5, 5.41) is 0. The maximum absolute atomic E-state index is 15.6. The van der Waals surface area contributed by atoms with Crippen LogP contribution in [0.25, 0.3) is 11.1 Å². The Morgan fingerprint density at radius 2 is 1.77 bits per heavy atom. The van der Waals surface area contributed by atoms with Crippen LogP contribution < -0.4 is 4.72 Å². The third-order valence-corrected chi connectivity index (χ3v) is 9.10. The molecule has 188 valence electrons. The van der Waals surface area contributed by atoms with Gasteiger partial charge in [0.1, 0.15) is 23.6 Å². The maximum Gasteiger partial charge on any atom is 0.229 e. The summed E-state index contributed by atoms with van der Waals surface area (Å²) in [5.41, 5.74) is -0.455. The molecule has 5 nitrogen and oxygen atoms in total. The zero-order valence-corrected chi connectivity index (χ0v) is 19.9. The van der Waals surface area contributed by atoms with E-state index in [1.165, 1.54) is 30.0 Å². The van der Waals surface area contributed by atoms with Crippen molar-refractivity contribution in [2.24, 2.45) is 11.3 Å². The minimum Gasteiger partial charge on any atom is -0.334 e. The van der Waals surface area contributed by atoms with E-state index in [4.69, 9.17) is 0 Å². The molecule has 2 bridgehead atoms. The van der Waals surface area contributed by atoms with Crippen LogP contribution in [-0.2, 0) is 21.2 Å². The van der Waals surface area contributed by atoms with Gasteiger partial charge in [0.05, 0.1) is 29.8 Å². The Bertz CT molecular complexity index is 1250.